The van der Waals surface area contributed by atoms with Crippen molar-refractivity contribution < 1.29 is 9.72 Å². The third kappa shape index (κ3) is 2.83. The highest BCUT2D eigenvalue weighted by molar-refractivity contribution is 6.10. The summed E-state index contributed by atoms with van der Waals surface area (Å²) in [6.07, 6.45) is 3.17. The molecule has 6 heteroatoms. The topological polar surface area (TPSA) is 79.2 Å². The summed E-state index contributed by atoms with van der Waals surface area (Å²) in [5.41, 5.74) is 2.87. The molecule has 0 atom stereocenters. The summed E-state index contributed by atoms with van der Waals surface area (Å²) in [6.45, 7) is 1.51. The van der Waals surface area contributed by atoms with Gasteiger partial charge in [0.2, 0.25) is 0 Å². The number of benzene rings is 2. The van der Waals surface area contributed by atoms with Crippen molar-refractivity contribution in [2.24, 2.45) is 0 Å². The smallest absolute Gasteiger partial charge is 0.270 e. The van der Waals surface area contributed by atoms with Gasteiger partial charge in [-0.15, -0.1) is 0 Å². The molecule has 0 radical (unpaired) electrons. The third-order valence-electron chi connectivity index (χ3n) is 4.91. The van der Waals surface area contributed by atoms with E-state index in [0.29, 0.717) is 11.1 Å². The molecule has 3 aromatic rings. The van der Waals surface area contributed by atoms with Crippen LogP contribution in [0.5, 0.6) is 0 Å². The predicted octanol–water partition coefficient (Wildman–Crippen LogP) is 4.37. The minimum absolute atomic E-state index is 0.0191. The molecule has 0 unspecified atom stereocenters. The predicted molar refractivity (Wildman–Crippen MR) is 100 cm³/mol. The van der Waals surface area contributed by atoms with Crippen LogP contribution in [0.1, 0.15) is 29.8 Å². The van der Waals surface area contributed by atoms with Gasteiger partial charge in [-0.25, -0.2) is 0 Å². The second-order valence-corrected chi connectivity index (χ2v) is 6.58. The Bertz CT molecular complexity index is 973. The molecule has 1 saturated heterocycles. The summed E-state index contributed by atoms with van der Waals surface area (Å²) in [4.78, 5) is 29.0. The Morgan fingerprint density at radius 3 is 2.46 bits per heavy atom. The molecule has 0 saturated carbocycles. The van der Waals surface area contributed by atoms with Crippen LogP contribution in [0, 0.1) is 10.1 Å². The minimum atomic E-state index is -0.409. The highest BCUT2D eigenvalue weighted by Gasteiger charge is 2.25. The van der Waals surface area contributed by atoms with Gasteiger partial charge in [0.1, 0.15) is 5.69 Å². The lowest BCUT2D eigenvalue weighted by Crippen LogP contribution is -2.36. The molecule has 1 aliphatic rings. The number of fused-ring (bicyclic) bond motifs is 1. The SMILES string of the molecule is O=C(c1[nH]c2ccc([N+](=O)[O-])cc2c1-c1ccccc1)N1CCCCC1. The number of hydrogen-bond acceptors (Lipinski definition) is 3. The van der Waals surface area contributed by atoms with Crippen LogP contribution in [0.25, 0.3) is 22.0 Å². The fraction of sp³-hybridized carbons (Fsp3) is 0.250. The van der Waals surface area contributed by atoms with Gasteiger partial charge in [-0.2, -0.15) is 0 Å². The largest absolute Gasteiger partial charge is 0.350 e. The summed E-state index contributed by atoms with van der Waals surface area (Å²) in [5.74, 6) is -0.0394. The fourth-order valence-corrected chi connectivity index (χ4v) is 3.61. The van der Waals surface area contributed by atoms with E-state index in [1.54, 1.807) is 12.1 Å². The number of hydrogen-bond donors (Lipinski definition) is 1. The first-order valence-corrected chi connectivity index (χ1v) is 8.80. The van der Waals surface area contributed by atoms with Gasteiger partial charge in [0, 0.05) is 41.7 Å². The molecule has 2 heterocycles. The zero-order valence-corrected chi connectivity index (χ0v) is 14.3. The molecular weight excluding hydrogens is 330 g/mol. The first kappa shape index (κ1) is 16.3. The van der Waals surface area contributed by atoms with Gasteiger partial charge in [0.25, 0.3) is 11.6 Å². The Kier molecular flexibility index (Phi) is 4.16. The maximum absolute atomic E-state index is 13.1. The summed E-state index contributed by atoms with van der Waals surface area (Å²) in [5, 5.41) is 11.9. The van der Waals surface area contributed by atoms with Gasteiger partial charge < -0.3 is 9.88 Å². The number of aromatic nitrogens is 1. The molecule has 1 aliphatic heterocycles. The molecule has 0 spiro atoms. The summed E-state index contributed by atoms with van der Waals surface area (Å²) in [7, 11) is 0. The van der Waals surface area contributed by atoms with Gasteiger partial charge in [0.15, 0.2) is 0 Å². The normalized spacial score (nSPS) is 14.5. The van der Waals surface area contributed by atoms with E-state index in [4.69, 9.17) is 0 Å². The van der Waals surface area contributed by atoms with Crippen LogP contribution in [0.15, 0.2) is 48.5 Å². The van der Waals surface area contributed by atoms with Crippen LogP contribution in [-0.4, -0.2) is 33.8 Å². The molecule has 1 fully saturated rings. The summed E-state index contributed by atoms with van der Waals surface area (Å²) >= 11 is 0. The van der Waals surface area contributed by atoms with E-state index in [1.807, 2.05) is 35.2 Å². The van der Waals surface area contributed by atoms with E-state index in [1.165, 1.54) is 6.07 Å². The zero-order chi connectivity index (χ0) is 18.1. The lowest BCUT2D eigenvalue weighted by molar-refractivity contribution is -0.384. The molecule has 2 aromatic carbocycles. The minimum Gasteiger partial charge on any atom is -0.350 e. The molecule has 0 aliphatic carbocycles. The standard InChI is InChI=1S/C20H19N3O3/c24-20(22-11-5-2-6-12-22)19-18(14-7-3-1-4-8-14)16-13-15(23(25)26)9-10-17(16)21-19/h1,3-4,7-10,13,21H,2,5-6,11-12H2. The highest BCUT2D eigenvalue weighted by Crippen LogP contribution is 2.35. The summed E-state index contributed by atoms with van der Waals surface area (Å²) in [6, 6.07) is 14.2. The Hall–Kier alpha value is -3.15. The third-order valence-corrected chi connectivity index (χ3v) is 4.91. The Morgan fingerprint density at radius 2 is 1.77 bits per heavy atom. The van der Waals surface area contributed by atoms with Crippen LogP contribution < -0.4 is 0 Å². The number of nitro groups is 1. The second kappa shape index (κ2) is 6.63. The Morgan fingerprint density at radius 1 is 1.04 bits per heavy atom. The van der Waals surface area contributed by atoms with Crippen molar-refractivity contribution >= 4 is 22.5 Å². The van der Waals surface area contributed by atoms with Crippen LogP contribution in [0.3, 0.4) is 0 Å². The maximum atomic E-state index is 13.1. The van der Waals surface area contributed by atoms with E-state index < -0.39 is 4.92 Å². The van der Waals surface area contributed by atoms with Crippen molar-refractivity contribution in [3.8, 4) is 11.1 Å². The number of likely N-dealkylation sites (tertiary alicyclic amines) is 1. The molecule has 1 aromatic heterocycles. The quantitative estimate of drug-likeness (QED) is 0.563. The van der Waals surface area contributed by atoms with E-state index in [9.17, 15) is 14.9 Å². The van der Waals surface area contributed by atoms with Crippen molar-refractivity contribution in [1.82, 2.24) is 9.88 Å². The van der Waals surface area contributed by atoms with Crippen LogP contribution >= 0.6 is 0 Å². The van der Waals surface area contributed by atoms with Crippen molar-refractivity contribution in [2.75, 3.05) is 13.1 Å². The second-order valence-electron chi connectivity index (χ2n) is 6.58. The van der Waals surface area contributed by atoms with Crippen molar-refractivity contribution in [3.05, 3.63) is 64.3 Å². The van der Waals surface area contributed by atoms with Gasteiger partial charge in [-0.05, 0) is 30.9 Å². The monoisotopic (exact) mass is 349 g/mol. The van der Waals surface area contributed by atoms with Gasteiger partial charge in [-0.3, -0.25) is 14.9 Å². The van der Waals surface area contributed by atoms with E-state index in [0.717, 1.165) is 49.0 Å². The first-order valence-electron chi connectivity index (χ1n) is 8.80. The molecule has 26 heavy (non-hydrogen) atoms. The number of non-ortho nitro benzene ring substituents is 1. The number of amides is 1. The molecule has 6 nitrogen and oxygen atoms in total. The van der Waals surface area contributed by atoms with E-state index >= 15 is 0 Å². The van der Waals surface area contributed by atoms with E-state index in [-0.39, 0.29) is 11.6 Å². The first-order chi connectivity index (χ1) is 12.6. The van der Waals surface area contributed by atoms with Gasteiger partial charge in [-0.1, -0.05) is 30.3 Å². The number of carbonyl (C=O) groups excluding carboxylic acids is 1. The zero-order valence-electron chi connectivity index (χ0n) is 14.3. The number of aromatic amines is 1. The van der Waals surface area contributed by atoms with Crippen molar-refractivity contribution in [2.45, 2.75) is 19.3 Å². The number of nitrogens with one attached hydrogen (secondary N) is 1. The molecule has 132 valence electrons. The van der Waals surface area contributed by atoms with Crippen molar-refractivity contribution in [3.63, 3.8) is 0 Å². The van der Waals surface area contributed by atoms with Crippen LogP contribution in [0.2, 0.25) is 0 Å². The average molecular weight is 349 g/mol. The molecule has 0 bridgehead atoms. The molecule has 1 N–H and O–H groups in total. The number of carbonyl (C=O) groups is 1. The lowest BCUT2D eigenvalue weighted by Gasteiger charge is -2.26. The maximum Gasteiger partial charge on any atom is 0.270 e. The highest BCUT2D eigenvalue weighted by atomic mass is 16.6. The number of rotatable bonds is 3. The van der Waals surface area contributed by atoms with E-state index in [2.05, 4.69) is 4.98 Å². The van der Waals surface area contributed by atoms with Crippen LogP contribution in [-0.2, 0) is 0 Å². The number of nitro benzene ring substituents is 1. The molecule has 4 rings (SSSR count). The van der Waals surface area contributed by atoms with Gasteiger partial charge >= 0.3 is 0 Å². The fourth-order valence-electron chi connectivity index (χ4n) is 3.61. The lowest BCUT2D eigenvalue weighted by atomic mass is 10.0. The van der Waals surface area contributed by atoms with Crippen LogP contribution in [0.4, 0.5) is 5.69 Å². The average Bonchev–Trinajstić information content (AvgIpc) is 3.07. The Balaban J connectivity index is 1.91. The number of H-pyrrole nitrogens is 1. The number of piperidine rings is 1. The summed E-state index contributed by atoms with van der Waals surface area (Å²) < 4.78 is 0. The molecule has 1 amide bonds. The molecular formula is C20H19N3O3. The Labute approximate surface area is 150 Å². The van der Waals surface area contributed by atoms with Gasteiger partial charge in [0.05, 0.1) is 4.92 Å². The number of nitrogens with zero attached hydrogens (tertiary/aromatic N) is 2. The van der Waals surface area contributed by atoms with Crippen molar-refractivity contribution in [1.29, 1.82) is 0 Å².